The van der Waals surface area contributed by atoms with E-state index in [-0.39, 0.29) is 17.2 Å². The van der Waals surface area contributed by atoms with Crippen molar-refractivity contribution < 1.29 is 14.3 Å². The summed E-state index contributed by atoms with van der Waals surface area (Å²) in [5.41, 5.74) is 5.01. The van der Waals surface area contributed by atoms with E-state index in [4.69, 9.17) is 9.47 Å². The van der Waals surface area contributed by atoms with Gasteiger partial charge in [0, 0.05) is 24.7 Å². The molecule has 2 aromatic carbocycles. The highest BCUT2D eigenvalue weighted by atomic mass is 16.5. The quantitative estimate of drug-likeness (QED) is 0.692. The summed E-state index contributed by atoms with van der Waals surface area (Å²) in [6.07, 6.45) is 5.24. The van der Waals surface area contributed by atoms with Crippen molar-refractivity contribution in [3.05, 3.63) is 70.9 Å². The van der Waals surface area contributed by atoms with Crippen molar-refractivity contribution >= 4 is 5.78 Å². The van der Waals surface area contributed by atoms with Gasteiger partial charge in [-0.15, -0.1) is 0 Å². The van der Waals surface area contributed by atoms with Crippen molar-refractivity contribution in [2.45, 2.75) is 45.6 Å². The molecule has 4 nitrogen and oxygen atoms in total. The normalized spacial score (nSPS) is 20.4. The van der Waals surface area contributed by atoms with E-state index in [1.807, 2.05) is 6.08 Å². The van der Waals surface area contributed by atoms with Crippen molar-refractivity contribution in [2.24, 2.45) is 5.41 Å². The molecular formula is C26H31NO3. The Morgan fingerprint density at radius 1 is 1.03 bits per heavy atom. The van der Waals surface area contributed by atoms with E-state index in [0.29, 0.717) is 6.42 Å². The van der Waals surface area contributed by atoms with Crippen molar-refractivity contribution in [2.75, 3.05) is 20.8 Å². The van der Waals surface area contributed by atoms with Crippen molar-refractivity contribution in [1.82, 2.24) is 4.90 Å². The number of ether oxygens (including phenoxy) is 2. The average molecular weight is 406 g/mol. The zero-order chi connectivity index (χ0) is 21.3. The van der Waals surface area contributed by atoms with Crippen LogP contribution in [-0.2, 0) is 17.6 Å². The Bertz CT molecular complexity index is 962. The summed E-state index contributed by atoms with van der Waals surface area (Å²) >= 11 is 0. The summed E-state index contributed by atoms with van der Waals surface area (Å²) in [5.74, 6) is 1.76. The van der Waals surface area contributed by atoms with E-state index >= 15 is 0 Å². The third-order valence-corrected chi connectivity index (χ3v) is 6.28. The number of methoxy groups -OCH3 is 2. The van der Waals surface area contributed by atoms with E-state index in [0.717, 1.165) is 43.0 Å². The fraction of sp³-hybridized carbons (Fsp3) is 0.423. The van der Waals surface area contributed by atoms with Crippen LogP contribution in [0.5, 0.6) is 11.5 Å². The lowest BCUT2D eigenvalue weighted by atomic mass is 9.77. The number of hydrogen-bond acceptors (Lipinski definition) is 4. The van der Waals surface area contributed by atoms with Gasteiger partial charge in [-0.3, -0.25) is 4.79 Å². The van der Waals surface area contributed by atoms with E-state index in [2.05, 4.69) is 61.2 Å². The number of benzene rings is 2. The van der Waals surface area contributed by atoms with Crippen LogP contribution >= 0.6 is 0 Å². The molecule has 2 aliphatic rings. The first-order valence-corrected chi connectivity index (χ1v) is 10.7. The number of allylic oxidation sites excluding steroid dienone is 2. The summed E-state index contributed by atoms with van der Waals surface area (Å²) in [5, 5.41) is 0. The number of ketones is 1. The fourth-order valence-electron chi connectivity index (χ4n) is 4.93. The molecule has 158 valence electrons. The molecule has 0 saturated carbocycles. The highest BCUT2D eigenvalue weighted by molar-refractivity contribution is 5.91. The maximum Gasteiger partial charge on any atom is 0.161 e. The molecule has 1 heterocycles. The molecule has 0 bridgehead atoms. The summed E-state index contributed by atoms with van der Waals surface area (Å²) in [4.78, 5) is 14.9. The Labute approximate surface area is 179 Å². The highest BCUT2D eigenvalue weighted by Crippen LogP contribution is 2.44. The maximum absolute atomic E-state index is 12.5. The molecule has 0 fully saturated rings. The summed E-state index contributed by atoms with van der Waals surface area (Å²) in [6.45, 7) is 5.28. The number of carbonyl (C=O) groups excluding carboxylic acids is 1. The van der Waals surface area contributed by atoms with Crippen LogP contribution in [-0.4, -0.2) is 31.4 Å². The number of hydrogen-bond donors (Lipinski definition) is 0. The van der Waals surface area contributed by atoms with Gasteiger partial charge in [0.05, 0.1) is 20.3 Å². The second-order valence-electron chi connectivity index (χ2n) is 9.17. The van der Waals surface area contributed by atoms with Crippen LogP contribution in [0, 0.1) is 5.41 Å². The number of fused-ring (bicyclic) bond motifs is 1. The predicted octanol–water partition coefficient (Wildman–Crippen LogP) is 5.12. The smallest absolute Gasteiger partial charge is 0.161 e. The summed E-state index contributed by atoms with van der Waals surface area (Å²) < 4.78 is 11.2. The lowest BCUT2D eigenvalue weighted by molar-refractivity contribution is -0.117. The molecule has 0 amide bonds. The Morgan fingerprint density at radius 3 is 2.40 bits per heavy atom. The third-order valence-electron chi connectivity index (χ3n) is 6.28. The molecule has 0 radical (unpaired) electrons. The van der Waals surface area contributed by atoms with E-state index in [9.17, 15) is 4.79 Å². The summed E-state index contributed by atoms with van der Waals surface area (Å²) in [7, 11) is 3.36. The van der Waals surface area contributed by atoms with Gasteiger partial charge in [0.2, 0.25) is 0 Å². The zero-order valence-corrected chi connectivity index (χ0v) is 18.4. The van der Waals surface area contributed by atoms with Crippen LogP contribution in [0.15, 0.2) is 54.2 Å². The van der Waals surface area contributed by atoms with Crippen LogP contribution in [0.25, 0.3) is 0 Å². The third kappa shape index (κ3) is 4.09. The molecule has 4 heteroatoms. The first kappa shape index (κ1) is 20.5. The fourth-order valence-corrected chi connectivity index (χ4v) is 4.93. The monoisotopic (exact) mass is 405 g/mol. The topological polar surface area (TPSA) is 38.8 Å². The number of rotatable bonds is 5. The second-order valence-corrected chi connectivity index (χ2v) is 9.17. The Hall–Kier alpha value is -2.75. The van der Waals surface area contributed by atoms with Gasteiger partial charge >= 0.3 is 0 Å². The van der Waals surface area contributed by atoms with Crippen molar-refractivity contribution in [3.8, 4) is 11.5 Å². The molecule has 0 N–H and O–H groups in total. The van der Waals surface area contributed by atoms with Gasteiger partial charge in [-0.25, -0.2) is 0 Å². The minimum Gasteiger partial charge on any atom is -0.493 e. The lowest BCUT2D eigenvalue weighted by Gasteiger charge is -2.44. The van der Waals surface area contributed by atoms with Crippen LogP contribution in [0.4, 0.5) is 0 Å². The molecule has 30 heavy (non-hydrogen) atoms. The molecular weight excluding hydrogens is 374 g/mol. The van der Waals surface area contributed by atoms with Crippen LogP contribution in [0.2, 0.25) is 0 Å². The number of nitrogens with zero attached hydrogens (tertiary/aromatic N) is 1. The minimum atomic E-state index is -0.00363. The molecule has 1 aliphatic carbocycles. The predicted molar refractivity (Wildman–Crippen MR) is 119 cm³/mol. The molecule has 2 aromatic rings. The van der Waals surface area contributed by atoms with E-state index in [1.165, 1.54) is 16.7 Å². The molecule has 1 aliphatic heterocycles. The van der Waals surface area contributed by atoms with Gasteiger partial charge in [0.15, 0.2) is 17.3 Å². The second kappa shape index (κ2) is 8.17. The van der Waals surface area contributed by atoms with Crippen LogP contribution in [0.1, 0.15) is 49.4 Å². The Balaban J connectivity index is 1.78. The summed E-state index contributed by atoms with van der Waals surface area (Å²) in [6, 6.07) is 15.0. The van der Waals surface area contributed by atoms with E-state index < -0.39 is 0 Å². The van der Waals surface area contributed by atoms with Crippen molar-refractivity contribution in [3.63, 3.8) is 0 Å². The number of carbonyl (C=O) groups is 1. The molecule has 0 spiro atoms. The lowest BCUT2D eigenvalue weighted by Crippen LogP contribution is -2.39. The van der Waals surface area contributed by atoms with Crippen molar-refractivity contribution in [1.29, 1.82) is 0 Å². The first-order valence-electron chi connectivity index (χ1n) is 10.7. The van der Waals surface area contributed by atoms with Crippen LogP contribution in [0.3, 0.4) is 0 Å². The molecule has 4 rings (SSSR count). The molecule has 1 atom stereocenters. The maximum atomic E-state index is 12.5. The standard InChI is InChI=1S/C26H31NO3/c1-26(2)16-20(14-21(28)17-26)27-11-10-19-13-24(29-3)25(30-4)15-22(19)23(27)12-18-8-6-5-7-9-18/h5-9,13-15,23H,10-12,16-17H2,1-4H3. The Morgan fingerprint density at radius 2 is 1.73 bits per heavy atom. The molecule has 0 saturated heterocycles. The first-order chi connectivity index (χ1) is 14.4. The largest absolute Gasteiger partial charge is 0.493 e. The SMILES string of the molecule is COc1cc2c(cc1OC)C(Cc1ccccc1)N(C1=CC(=O)CC(C)(C)C1)CC2. The van der Waals surface area contributed by atoms with Gasteiger partial charge < -0.3 is 14.4 Å². The van der Waals surface area contributed by atoms with Crippen LogP contribution < -0.4 is 9.47 Å². The Kier molecular flexibility index (Phi) is 5.59. The van der Waals surface area contributed by atoms with Gasteiger partial charge in [-0.05, 0) is 53.5 Å². The molecule has 0 aromatic heterocycles. The van der Waals surface area contributed by atoms with Gasteiger partial charge in [0.1, 0.15) is 0 Å². The van der Waals surface area contributed by atoms with E-state index in [1.54, 1.807) is 14.2 Å². The van der Waals surface area contributed by atoms with Gasteiger partial charge in [0.25, 0.3) is 0 Å². The van der Waals surface area contributed by atoms with Gasteiger partial charge in [-0.2, -0.15) is 0 Å². The molecule has 1 unspecified atom stereocenters. The highest BCUT2D eigenvalue weighted by Gasteiger charge is 2.35. The zero-order valence-electron chi connectivity index (χ0n) is 18.4. The average Bonchev–Trinajstić information content (AvgIpc) is 2.72. The minimum absolute atomic E-state index is 0.00363. The van der Waals surface area contributed by atoms with Gasteiger partial charge in [-0.1, -0.05) is 44.2 Å².